The van der Waals surface area contributed by atoms with E-state index in [1.807, 2.05) is 24.3 Å². The first-order valence-electron chi connectivity index (χ1n) is 14.3. The van der Waals surface area contributed by atoms with E-state index >= 15 is 0 Å². The summed E-state index contributed by atoms with van der Waals surface area (Å²) in [5.41, 5.74) is 3.00. The molecule has 0 unspecified atom stereocenters. The quantitative estimate of drug-likeness (QED) is 0.0835. The summed E-state index contributed by atoms with van der Waals surface area (Å²) in [5, 5.41) is 0. The van der Waals surface area contributed by atoms with E-state index in [0.29, 0.717) is 29.4 Å². The molecule has 38 heavy (non-hydrogen) atoms. The van der Waals surface area contributed by atoms with Crippen LogP contribution in [0.25, 0.3) is 0 Å². The summed E-state index contributed by atoms with van der Waals surface area (Å²) >= 11 is 0. The highest BCUT2D eigenvalue weighted by molar-refractivity contribution is 5.89. The second-order valence-electron chi connectivity index (χ2n) is 10.5. The van der Waals surface area contributed by atoms with E-state index in [0.717, 1.165) is 30.4 Å². The molecule has 0 bridgehead atoms. The Labute approximate surface area is 228 Å². The molecule has 0 N–H and O–H groups in total. The molecule has 0 saturated carbocycles. The van der Waals surface area contributed by atoms with Gasteiger partial charge in [-0.1, -0.05) is 110 Å². The summed E-state index contributed by atoms with van der Waals surface area (Å²) in [4.78, 5) is 45.7. The van der Waals surface area contributed by atoms with E-state index in [4.69, 9.17) is 19.6 Å². The van der Waals surface area contributed by atoms with Gasteiger partial charge in [0, 0.05) is 6.42 Å². The minimum absolute atomic E-state index is 0.363. The molecule has 0 aliphatic heterocycles. The van der Waals surface area contributed by atoms with Gasteiger partial charge in [-0.05, 0) is 53.6 Å². The van der Waals surface area contributed by atoms with Crippen molar-refractivity contribution in [2.75, 3.05) is 0 Å². The van der Waals surface area contributed by atoms with Gasteiger partial charge in [0.1, 0.15) is 0 Å². The molecule has 0 fully saturated rings. The van der Waals surface area contributed by atoms with E-state index in [2.05, 4.69) is 34.6 Å². The number of rotatable bonds is 18. The third-order valence-electron chi connectivity index (χ3n) is 6.63. The van der Waals surface area contributed by atoms with Gasteiger partial charge < -0.3 is 0 Å². The lowest BCUT2D eigenvalue weighted by Crippen LogP contribution is -2.22. The SMILES string of the molecule is CCCCCCCCCCCC(OOC(=O)c1ccc(C(C)C)cc1)OOC(=O)c1ccc(C(C)C)cc1. The normalized spacial score (nSPS) is 11.4. The first-order chi connectivity index (χ1) is 18.3. The summed E-state index contributed by atoms with van der Waals surface area (Å²) < 4.78 is 0. The van der Waals surface area contributed by atoms with Gasteiger partial charge in [-0.2, -0.15) is 0 Å². The third-order valence-corrected chi connectivity index (χ3v) is 6.63. The number of unbranched alkanes of at least 4 members (excludes halogenated alkanes) is 8. The van der Waals surface area contributed by atoms with E-state index in [9.17, 15) is 9.59 Å². The van der Waals surface area contributed by atoms with E-state index in [-0.39, 0.29) is 0 Å². The summed E-state index contributed by atoms with van der Waals surface area (Å²) in [6, 6.07) is 14.4. The molecule has 0 saturated heterocycles. The predicted molar refractivity (Wildman–Crippen MR) is 150 cm³/mol. The van der Waals surface area contributed by atoms with Gasteiger partial charge in [-0.3, -0.25) is 9.78 Å². The molecule has 0 radical (unpaired) electrons. The van der Waals surface area contributed by atoms with Gasteiger partial charge in [0.2, 0.25) is 6.29 Å². The molecule has 2 aromatic rings. The molecule has 210 valence electrons. The fraction of sp³-hybridized carbons (Fsp3) is 0.562. The Morgan fingerprint density at radius 1 is 0.579 bits per heavy atom. The van der Waals surface area contributed by atoms with Crippen molar-refractivity contribution < 1.29 is 29.1 Å². The zero-order chi connectivity index (χ0) is 27.8. The zero-order valence-electron chi connectivity index (χ0n) is 23.9. The average Bonchev–Trinajstić information content (AvgIpc) is 2.92. The Morgan fingerprint density at radius 2 is 0.947 bits per heavy atom. The minimum atomic E-state index is -1.02. The first-order valence-corrected chi connectivity index (χ1v) is 14.3. The Bertz CT molecular complexity index is 866. The maximum atomic E-state index is 12.5. The molecule has 0 amide bonds. The van der Waals surface area contributed by atoms with Gasteiger partial charge in [0.05, 0.1) is 11.1 Å². The summed E-state index contributed by atoms with van der Waals surface area (Å²) in [5.74, 6) is -0.531. The van der Waals surface area contributed by atoms with E-state index in [1.54, 1.807) is 24.3 Å². The summed E-state index contributed by atoms with van der Waals surface area (Å²) in [6.07, 6.45) is 9.89. The summed E-state index contributed by atoms with van der Waals surface area (Å²) in [6.45, 7) is 10.6. The fourth-order valence-corrected chi connectivity index (χ4v) is 4.03. The van der Waals surface area contributed by atoms with Crippen molar-refractivity contribution in [3.05, 3.63) is 70.8 Å². The Morgan fingerprint density at radius 3 is 1.32 bits per heavy atom. The lowest BCUT2D eigenvalue weighted by molar-refractivity contribution is -0.421. The first kappa shape index (κ1) is 31.5. The fourth-order valence-electron chi connectivity index (χ4n) is 4.03. The molecule has 2 rings (SSSR count). The standard InChI is InChI=1S/C32H46O6/c1-6-7-8-9-10-11-12-13-14-15-30(35-37-31(33)28-20-16-26(17-21-28)24(2)3)36-38-32(34)29-22-18-27(19-23-29)25(4)5/h16-25,30H,6-15H2,1-5H3. The molecule has 0 aromatic heterocycles. The smallest absolute Gasteiger partial charge is 0.290 e. The van der Waals surface area contributed by atoms with Crippen LogP contribution in [-0.2, 0) is 19.6 Å². The van der Waals surface area contributed by atoms with E-state index in [1.165, 1.54) is 38.5 Å². The monoisotopic (exact) mass is 526 g/mol. The van der Waals surface area contributed by atoms with Crippen LogP contribution in [0.2, 0.25) is 0 Å². The van der Waals surface area contributed by atoms with Crippen molar-refractivity contribution in [1.82, 2.24) is 0 Å². The minimum Gasteiger partial charge on any atom is -0.290 e. The lowest BCUT2D eigenvalue weighted by Gasteiger charge is -2.15. The topological polar surface area (TPSA) is 71.1 Å². The predicted octanol–water partition coefficient (Wildman–Crippen LogP) is 9.06. The van der Waals surface area contributed by atoms with E-state index < -0.39 is 18.2 Å². The van der Waals surface area contributed by atoms with Gasteiger partial charge in [-0.15, -0.1) is 9.78 Å². The molecule has 0 aliphatic rings. The number of hydrogen-bond donors (Lipinski definition) is 0. The Kier molecular flexibility index (Phi) is 14.7. The van der Waals surface area contributed by atoms with Crippen LogP contribution < -0.4 is 0 Å². The highest BCUT2D eigenvalue weighted by Crippen LogP contribution is 2.18. The molecular weight excluding hydrogens is 480 g/mol. The zero-order valence-corrected chi connectivity index (χ0v) is 23.9. The molecule has 0 aliphatic carbocycles. The average molecular weight is 527 g/mol. The second kappa shape index (κ2) is 17.7. The highest BCUT2D eigenvalue weighted by atomic mass is 17.3. The van der Waals surface area contributed by atoms with Gasteiger partial charge >= 0.3 is 11.9 Å². The number of carbonyl (C=O) groups excluding carboxylic acids is 2. The van der Waals surface area contributed by atoms with Crippen molar-refractivity contribution in [3.63, 3.8) is 0 Å². The third kappa shape index (κ3) is 11.8. The number of carbonyl (C=O) groups is 2. The largest absolute Gasteiger partial charge is 0.373 e. The second-order valence-corrected chi connectivity index (χ2v) is 10.5. The van der Waals surface area contributed by atoms with Crippen LogP contribution in [0, 0.1) is 0 Å². The molecule has 6 heteroatoms. The van der Waals surface area contributed by atoms with Crippen LogP contribution in [0.1, 0.15) is 143 Å². The van der Waals surface area contributed by atoms with Crippen LogP contribution in [0.15, 0.2) is 48.5 Å². The van der Waals surface area contributed by atoms with Gasteiger partial charge in [0.15, 0.2) is 0 Å². The lowest BCUT2D eigenvalue weighted by atomic mass is 10.0. The van der Waals surface area contributed by atoms with Crippen LogP contribution in [-0.4, -0.2) is 18.2 Å². The molecule has 0 heterocycles. The van der Waals surface area contributed by atoms with Gasteiger partial charge in [0.25, 0.3) is 0 Å². The maximum absolute atomic E-state index is 12.5. The number of hydrogen-bond acceptors (Lipinski definition) is 6. The molecule has 0 atom stereocenters. The van der Waals surface area contributed by atoms with Gasteiger partial charge in [-0.25, -0.2) is 9.59 Å². The van der Waals surface area contributed by atoms with Crippen molar-refractivity contribution in [2.24, 2.45) is 0 Å². The molecule has 0 spiro atoms. The van der Waals surface area contributed by atoms with Crippen molar-refractivity contribution in [2.45, 2.75) is 117 Å². The van der Waals surface area contributed by atoms with Crippen LogP contribution in [0.3, 0.4) is 0 Å². The maximum Gasteiger partial charge on any atom is 0.373 e. The van der Waals surface area contributed by atoms with Crippen molar-refractivity contribution in [1.29, 1.82) is 0 Å². The van der Waals surface area contributed by atoms with Crippen LogP contribution in [0.5, 0.6) is 0 Å². The van der Waals surface area contributed by atoms with Crippen molar-refractivity contribution in [3.8, 4) is 0 Å². The molecular formula is C32H46O6. The Hall–Kier alpha value is -2.70. The van der Waals surface area contributed by atoms with Crippen LogP contribution in [0.4, 0.5) is 0 Å². The Balaban J connectivity index is 1.86. The van der Waals surface area contributed by atoms with Crippen molar-refractivity contribution >= 4 is 11.9 Å². The van der Waals surface area contributed by atoms with Crippen LogP contribution >= 0.6 is 0 Å². The highest BCUT2D eigenvalue weighted by Gasteiger charge is 2.20. The summed E-state index contributed by atoms with van der Waals surface area (Å²) in [7, 11) is 0. The number of benzene rings is 2. The molecule has 2 aromatic carbocycles. The molecule has 6 nitrogen and oxygen atoms in total.